The Balaban J connectivity index is 1.96. The summed E-state index contributed by atoms with van der Waals surface area (Å²) in [6.07, 6.45) is 0.854. The van der Waals surface area contributed by atoms with Gasteiger partial charge in [-0.25, -0.2) is 0 Å². The maximum Gasteiger partial charge on any atom is 0.326 e. The first-order valence-corrected chi connectivity index (χ1v) is 12.4. The molecule has 6 nitrogen and oxygen atoms in total. The molecule has 0 spiro atoms. The van der Waals surface area contributed by atoms with Crippen LogP contribution < -0.4 is 9.64 Å². The van der Waals surface area contributed by atoms with Gasteiger partial charge in [0, 0.05) is 5.69 Å². The molecule has 0 unspecified atom stereocenters. The summed E-state index contributed by atoms with van der Waals surface area (Å²) in [5, 5.41) is 0. The van der Waals surface area contributed by atoms with Crippen molar-refractivity contribution in [2.75, 3.05) is 25.2 Å². The van der Waals surface area contributed by atoms with Crippen LogP contribution in [-0.2, 0) is 19.1 Å². The predicted molar refractivity (Wildman–Crippen MR) is 139 cm³/mol. The minimum Gasteiger partial charge on any atom is -0.497 e. The zero-order chi connectivity index (χ0) is 25.5. The first-order valence-electron chi connectivity index (χ1n) is 12.4. The van der Waals surface area contributed by atoms with E-state index in [1.807, 2.05) is 84.9 Å². The molecular weight excluding hydrogens is 454 g/mol. The van der Waals surface area contributed by atoms with Gasteiger partial charge < -0.3 is 19.1 Å². The topological polar surface area (TPSA) is 65.1 Å². The molecule has 0 radical (unpaired) electrons. The molecule has 1 heterocycles. The first-order chi connectivity index (χ1) is 17.6. The van der Waals surface area contributed by atoms with E-state index < -0.39 is 23.4 Å². The summed E-state index contributed by atoms with van der Waals surface area (Å²) in [7, 11) is 1.64. The van der Waals surface area contributed by atoms with Crippen LogP contribution in [0.15, 0.2) is 84.9 Å². The van der Waals surface area contributed by atoms with Crippen LogP contribution in [0.3, 0.4) is 0 Å². The van der Waals surface area contributed by atoms with Gasteiger partial charge >= 0.3 is 11.9 Å². The summed E-state index contributed by atoms with van der Waals surface area (Å²) in [6.45, 7) is 3.86. The van der Waals surface area contributed by atoms with Gasteiger partial charge in [0.05, 0.1) is 32.4 Å². The molecule has 3 aromatic carbocycles. The molecule has 1 saturated heterocycles. The smallest absolute Gasteiger partial charge is 0.326 e. The van der Waals surface area contributed by atoms with Crippen molar-refractivity contribution in [1.29, 1.82) is 0 Å². The molecule has 0 aromatic heterocycles. The van der Waals surface area contributed by atoms with Gasteiger partial charge in [-0.15, -0.1) is 0 Å². The summed E-state index contributed by atoms with van der Waals surface area (Å²) >= 11 is 0. The van der Waals surface area contributed by atoms with Crippen molar-refractivity contribution in [2.24, 2.45) is 5.41 Å². The van der Waals surface area contributed by atoms with Crippen molar-refractivity contribution >= 4 is 17.6 Å². The molecule has 1 fully saturated rings. The van der Waals surface area contributed by atoms with Crippen molar-refractivity contribution in [1.82, 2.24) is 0 Å². The summed E-state index contributed by atoms with van der Waals surface area (Å²) in [5.41, 5.74) is 1.30. The molecule has 36 heavy (non-hydrogen) atoms. The van der Waals surface area contributed by atoms with Gasteiger partial charge in [-0.1, -0.05) is 60.7 Å². The number of para-hydroxylation sites is 1. The number of hydrogen-bond acceptors (Lipinski definition) is 6. The van der Waals surface area contributed by atoms with E-state index in [1.54, 1.807) is 21.0 Å². The molecule has 188 valence electrons. The highest BCUT2D eigenvalue weighted by molar-refractivity contribution is 6.02. The van der Waals surface area contributed by atoms with Gasteiger partial charge in [-0.05, 0) is 62.1 Å². The monoisotopic (exact) mass is 487 g/mol. The van der Waals surface area contributed by atoms with Crippen molar-refractivity contribution < 1.29 is 23.8 Å². The van der Waals surface area contributed by atoms with E-state index in [-0.39, 0.29) is 19.3 Å². The number of rotatable bonds is 8. The third kappa shape index (κ3) is 4.68. The maximum absolute atomic E-state index is 13.8. The van der Waals surface area contributed by atoms with Crippen LogP contribution in [-0.4, -0.2) is 32.3 Å². The predicted octanol–water partition coefficient (Wildman–Crippen LogP) is 5.89. The quantitative estimate of drug-likeness (QED) is 0.292. The third-order valence-corrected chi connectivity index (χ3v) is 6.84. The van der Waals surface area contributed by atoms with Gasteiger partial charge in [0.2, 0.25) is 0 Å². The fourth-order valence-corrected chi connectivity index (χ4v) is 5.25. The van der Waals surface area contributed by atoms with Crippen molar-refractivity contribution in [3.63, 3.8) is 0 Å². The van der Waals surface area contributed by atoms with E-state index in [9.17, 15) is 9.59 Å². The van der Waals surface area contributed by atoms with E-state index in [0.717, 1.165) is 22.6 Å². The Morgan fingerprint density at radius 1 is 0.806 bits per heavy atom. The summed E-state index contributed by atoms with van der Waals surface area (Å²) < 4.78 is 16.5. The maximum atomic E-state index is 13.8. The number of anilines is 1. The molecule has 0 bridgehead atoms. The molecule has 3 aromatic rings. The fraction of sp³-hybridized carbons (Fsp3) is 0.333. The number of hydrogen-bond donors (Lipinski definition) is 0. The summed E-state index contributed by atoms with van der Waals surface area (Å²) in [4.78, 5) is 29.7. The first kappa shape index (κ1) is 25.3. The number of esters is 2. The normalized spacial score (nSPS) is 18.8. The lowest BCUT2D eigenvalue weighted by Gasteiger charge is -2.52. The zero-order valence-corrected chi connectivity index (χ0v) is 21.1. The number of carbonyl (C=O) groups is 2. The Labute approximate surface area is 212 Å². The molecule has 6 heteroatoms. The van der Waals surface area contributed by atoms with Gasteiger partial charge in [0.25, 0.3) is 0 Å². The minimum absolute atomic E-state index is 0.0968. The number of ether oxygens (including phenoxy) is 3. The standard InChI is InChI=1S/C30H33NO5/c1-4-35-28(32)30(29(33)36-5-2)21-20-26(22-16-18-25(34-3)19-17-22)31(24-14-10-7-11-15-24)27(30)23-12-8-6-9-13-23/h6-19,26-27H,4-5,20-21H2,1-3H3/t26-,27+/m1/s1. The Hall–Kier alpha value is -3.80. The van der Waals surface area contributed by atoms with E-state index in [0.29, 0.717) is 12.8 Å². The van der Waals surface area contributed by atoms with Crippen LogP contribution in [0.2, 0.25) is 0 Å². The zero-order valence-electron chi connectivity index (χ0n) is 21.1. The lowest BCUT2D eigenvalue weighted by atomic mass is 9.67. The van der Waals surface area contributed by atoms with Crippen LogP contribution >= 0.6 is 0 Å². The van der Waals surface area contributed by atoms with Gasteiger partial charge in [-0.2, -0.15) is 0 Å². The highest BCUT2D eigenvalue weighted by Gasteiger charge is 2.61. The van der Waals surface area contributed by atoms with Gasteiger partial charge in [0.1, 0.15) is 5.75 Å². The molecule has 0 amide bonds. The molecule has 1 aliphatic heterocycles. The summed E-state index contributed by atoms with van der Waals surface area (Å²) in [5.74, 6) is -0.328. The number of methoxy groups -OCH3 is 1. The number of carbonyl (C=O) groups excluding carboxylic acids is 2. The highest BCUT2D eigenvalue weighted by Crippen LogP contribution is 2.55. The molecule has 0 N–H and O–H groups in total. The van der Waals surface area contributed by atoms with E-state index in [4.69, 9.17) is 14.2 Å². The second-order valence-electron chi connectivity index (χ2n) is 8.80. The Morgan fingerprint density at radius 2 is 1.36 bits per heavy atom. The lowest BCUT2D eigenvalue weighted by Crippen LogP contribution is -2.56. The Kier molecular flexibility index (Phi) is 7.93. The van der Waals surface area contributed by atoms with E-state index >= 15 is 0 Å². The molecule has 4 rings (SSSR count). The lowest BCUT2D eigenvalue weighted by molar-refractivity contribution is -0.176. The summed E-state index contributed by atoms with van der Waals surface area (Å²) in [6, 6.07) is 26.9. The second-order valence-corrected chi connectivity index (χ2v) is 8.80. The molecule has 2 atom stereocenters. The average Bonchev–Trinajstić information content (AvgIpc) is 2.93. The molecule has 0 saturated carbocycles. The van der Waals surface area contributed by atoms with Crippen LogP contribution in [0.1, 0.15) is 49.9 Å². The van der Waals surface area contributed by atoms with Gasteiger partial charge in [-0.3, -0.25) is 9.59 Å². The van der Waals surface area contributed by atoms with Crippen LogP contribution in [0.5, 0.6) is 5.75 Å². The largest absolute Gasteiger partial charge is 0.497 e. The second kappa shape index (κ2) is 11.3. The minimum atomic E-state index is -1.52. The molecule has 0 aliphatic carbocycles. The number of benzene rings is 3. The van der Waals surface area contributed by atoms with Crippen molar-refractivity contribution in [2.45, 2.75) is 38.8 Å². The Bertz CT molecular complexity index is 1130. The van der Waals surface area contributed by atoms with E-state index in [1.165, 1.54) is 0 Å². The average molecular weight is 488 g/mol. The SMILES string of the molecule is CCOC(=O)C1(C(=O)OCC)CC[C@H](c2ccc(OC)cc2)N(c2ccccc2)[C@H]1c1ccccc1. The molecule has 1 aliphatic rings. The van der Waals surface area contributed by atoms with Crippen LogP contribution in [0, 0.1) is 5.41 Å². The van der Waals surface area contributed by atoms with Crippen LogP contribution in [0.4, 0.5) is 5.69 Å². The highest BCUT2D eigenvalue weighted by atomic mass is 16.6. The van der Waals surface area contributed by atoms with E-state index in [2.05, 4.69) is 4.90 Å². The molecular formula is C30H33NO5. The van der Waals surface area contributed by atoms with Crippen molar-refractivity contribution in [3.05, 3.63) is 96.1 Å². The van der Waals surface area contributed by atoms with Crippen LogP contribution in [0.25, 0.3) is 0 Å². The Morgan fingerprint density at radius 3 is 1.89 bits per heavy atom. The van der Waals surface area contributed by atoms with Crippen molar-refractivity contribution in [3.8, 4) is 5.75 Å². The number of nitrogens with zero attached hydrogens (tertiary/aromatic N) is 1. The fourth-order valence-electron chi connectivity index (χ4n) is 5.25. The van der Waals surface area contributed by atoms with Gasteiger partial charge in [0.15, 0.2) is 5.41 Å². The number of piperidine rings is 1. The third-order valence-electron chi connectivity index (χ3n) is 6.84.